The topological polar surface area (TPSA) is 21.6 Å². The van der Waals surface area contributed by atoms with Crippen LogP contribution in [-0.4, -0.2) is 12.8 Å². The zero-order chi connectivity index (χ0) is 9.84. The number of benzene rings is 1. The van der Waals surface area contributed by atoms with Crippen LogP contribution in [0.2, 0.25) is 5.02 Å². The van der Waals surface area contributed by atoms with E-state index in [2.05, 4.69) is 9.99 Å². The molecule has 13 heavy (non-hydrogen) atoms. The Morgan fingerprint density at radius 2 is 2.23 bits per heavy atom. The molecule has 0 saturated carbocycles. The van der Waals surface area contributed by atoms with E-state index in [1.807, 2.05) is 0 Å². The van der Waals surface area contributed by atoms with Crippen molar-refractivity contribution in [3.05, 3.63) is 34.6 Å². The van der Waals surface area contributed by atoms with Crippen LogP contribution in [0.1, 0.15) is 12.5 Å². The first-order valence-corrected chi connectivity index (χ1v) is 4.06. The predicted molar refractivity (Wildman–Crippen MR) is 50.6 cm³/mol. The van der Waals surface area contributed by atoms with Gasteiger partial charge in [0, 0.05) is 0 Å². The molecule has 0 aliphatic heterocycles. The highest BCUT2D eigenvalue weighted by molar-refractivity contribution is 6.34. The second-order valence-corrected chi connectivity index (χ2v) is 2.86. The van der Waals surface area contributed by atoms with Gasteiger partial charge in [0.1, 0.15) is 12.9 Å². The summed E-state index contributed by atoms with van der Waals surface area (Å²) in [6, 6.07) is 4.48. The fourth-order valence-electron chi connectivity index (χ4n) is 1.03. The van der Waals surface area contributed by atoms with Crippen LogP contribution < -0.4 is 0 Å². The summed E-state index contributed by atoms with van der Waals surface area (Å²) in [6.07, 6.45) is 0. The van der Waals surface area contributed by atoms with Gasteiger partial charge in [-0.25, -0.2) is 4.39 Å². The molecular weight excluding hydrogens is 193 g/mol. The van der Waals surface area contributed by atoms with Gasteiger partial charge in [0.05, 0.1) is 16.3 Å². The van der Waals surface area contributed by atoms with Crippen molar-refractivity contribution in [2.75, 3.05) is 7.11 Å². The Labute approximate surface area is 81.0 Å². The fraction of sp³-hybridized carbons (Fsp3) is 0.222. The Morgan fingerprint density at radius 1 is 1.54 bits per heavy atom. The number of halogens is 2. The van der Waals surface area contributed by atoms with Gasteiger partial charge >= 0.3 is 0 Å². The van der Waals surface area contributed by atoms with Crippen LogP contribution in [0.3, 0.4) is 0 Å². The zero-order valence-corrected chi connectivity index (χ0v) is 8.10. The summed E-state index contributed by atoms with van der Waals surface area (Å²) in [7, 11) is 1.40. The Morgan fingerprint density at radius 3 is 2.77 bits per heavy atom. The quantitative estimate of drug-likeness (QED) is 0.533. The maximum absolute atomic E-state index is 13.2. The lowest BCUT2D eigenvalue weighted by molar-refractivity contribution is 0.213. The van der Waals surface area contributed by atoms with Crippen LogP contribution >= 0.6 is 11.6 Å². The number of nitrogens with zero attached hydrogens (tertiary/aromatic N) is 1. The van der Waals surface area contributed by atoms with Crippen LogP contribution in [0.5, 0.6) is 0 Å². The van der Waals surface area contributed by atoms with E-state index >= 15 is 0 Å². The molecule has 0 fully saturated rings. The largest absolute Gasteiger partial charge is 0.399 e. The minimum atomic E-state index is -0.397. The highest BCUT2D eigenvalue weighted by atomic mass is 35.5. The lowest BCUT2D eigenvalue weighted by Crippen LogP contribution is -2.00. The molecule has 0 aliphatic carbocycles. The number of rotatable bonds is 2. The lowest BCUT2D eigenvalue weighted by atomic mass is 10.1. The lowest BCUT2D eigenvalue weighted by Gasteiger charge is -2.03. The molecule has 4 heteroatoms. The fourth-order valence-corrected chi connectivity index (χ4v) is 1.33. The smallest absolute Gasteiger partial charge is 0.133 e. The maximum atomic E-state index is 13.2. The van der Waals surface area contributed by atoms with Crippen molar-refractivity contribution >= 4 is 17.3 Å². The molecule has 0 heterocycles. The second-order valence-electron chi connectivity index (χ2n) is 2.46. The molecule has 0 N–H and O–H groups in total. The minimum Gasteiger partial charge on any atom is -0.399 e. The summed E-state index contributed by atoms with van der Waals surface area (Å²) in [6.45, 7) is 1.63. The predicted octanol–water partition coefficient (Wildman–Crippen LogP) is 2.85. The molecule has 0 spiro atoms. The van der Waals surface area contributed by atoms with Crippen LogP contribution in [-0.2, 0) is 4.84 Å². The van der Waals surface area contributed by atoms with Gasteiger partial charge in [0.25, 0.3) is 0 Å². The van der Waals surface area contributed by atoms with Crippen molar-refractivity contribution in [2.24, 2.45) is 5.16 Å². The van der Waals surface area contributed by atoms with Crippen molar-refractivity contribution in [1.82, 2.24) is 0 Å². The Balaban J connectivity index is 3.20. The van der Waals surface area contributed by atoms with Gasteiger partial charge < -0.3 is 4.84 Å². The third kappa shape index (κ3) is 2.18. The second kappa shape index (κ2) is 4.23. The van der Waals surface area contributed by atoms with Crippen LogP contribution in [0.15, 0.2) is 23.4 Å². The molecule has 0 atom stereocenters. The molecule has 0 aromatic heterocycles. The van der Waals surface area contributed by atoms with Gasteiger partial charge in [-0.1, -0.05) is 22.8 Å². The third-order valence-electron chi connectivity index (χ3n) is 1.55. The third-order valence-corrected chi connectivity index (χ3v) is 1.87. The molecule has 0 bridgehead atoms. The summed E-state index contributed by atoms with van der Waals surface area (Å²) < 4.78 is 13.2. The summed E-state index contributed by atoms with van der Waals surface area (Å²) in [5.41, 5.74) is 0.705. The van der Waals surface area contributed by atoms with Gasteiger partial charge in [-0.05, 0) is 19.1 Å². The van der Waals surface area contributed by atoms with Crippen LogP contribution in [0.4, 0.5) is 4.39 Å². The van der Waals surface area contributed by atoms with Crippen molar-refractivity contribution in [2.45, 2.75) is 6.92 Å². The maximum Gasteiger partial charge on any atom is 0.133 e. The molecule has 70 valence electrons. The molecule has 1 aromatic rings. The first-order chi connectivity index (χ1) is 6.16. The van der Waals surface area contributed by atoms with Gasteiger partial charge in [-0.15, -0.1) is 0 Å². The van der Waals surface area contributed by atoms with E-state index in [1.54, 1.807) is 19.1 Å². The molecule has 0 aliphatic rings. The van der Waals surface area contributed by atoms with Crippen molar-refractivity contribution < 1.29 is 9.23 Å². The first-order valence-electron chi connectivity index (χ1n) is 3.69. The molecule has 2 nitrogen and oxygen atoms in total. The number of hydrogen-bond donors (Lipinski definition) is 0. The highest BCUT2D eigenvalue weighted by Crippen LogP contribution is 2.19. The Kier molecular flexibility index (Phi) is 3.25. The van der Waals surface area contributed by atoms with E-state index < -0.39 is 5.82 Å². The molecule has 0 saturated heterocycles. The van der Waals surface area contributed by atoms with Gasteiger partial charge in [0.2, 0.25) is 0 Å². The van der Waals surface area contributed by atoms with Crippen molar-refractivity contribution in [3.8, 4) is 0 Å². The normalized spacial score (nSPS) is 11.5. The summed E-state index contributed by atoms with van der Waals surface area (Å²) >= 11 is 5.78. The molecule has 1 aromatic carbocycles. The van der Waals surface area contributed by atoms with Gasteiger partial charge in [-0.2, -0.15) is 0 Å². The van der Waals surface area contributed by atoms with E-state index in [9.17, 15) is 4.39 Å². The van der Waals surface area contributed by atoms with Crippen LogP contribution in [0.25, 0.3) is 0 Å². The molecule has 0 unspecified atom stereocenters. The van der Waals surface area contributed by atoms with Crippen molar-refractivity contribution in [3.63, 3.8) is 0 Å². The van der Waals surface area contributed by atoms with E-state index in [4.69, 9.17) is 11.6 Å². The monoisotopic (exact) mass is 201 g/mol. The van der Waals surface area contributed by atoms with Crippen molar-refractivity contribution in [1.29, 1.82) is 0 Å². The molecule has 0 radical (unpaired) electrons. The summed E-state index contributed by atoms with van der Waals surface area (Å²) in [5, 5.41) is 3.94. The Bertz CT molecular complexity index is 318. The summed E-state index contributed by atoms with van der Waals surface area (Å²) in [4.78, 5) is 4.53. The Hall–Kier alpha value is -1.09. The van der Waals surface area contributed by atoms with Gasteiger partial charge in [0.15, 0.2) is 0 Å². The minimum absolute atomic E-state index is 0.283. The standard InChI is InChI=1S/C9H9ClFNO/c1-6(12-13-2)9-7(10)4-3-5-8(9)11/h3-5H,1-2H3/b12-6-. The molecular formula is C9H9ClFNO. The summed E-state index contributed by atoms with van der Waals surface area (Å²) in [5.74, 6) is -0.397. The number of oxime groups is 1. The molecule has 1 rings (SSSR count). The van der Waals surface area contributed by atoms with E-state index in [-0.39, 0.29) is 5.56 Å². The first kappa shape index (κ1) is 9.99. The van der Waals surface area contributed by atoms with E-state index in [0.717, 1.165) is 0 Å². The van der Waals surface area contributed by atoms with Crippen LogP contribution in [0, 0.1) is 5.82 Å². The zero-order valence-electron chi connectivity index (χ0n) is 7.34. The molecule has 0 amide bonds. The van der Waals surface area contributed by atoms with Gasteiger partial charge in [-0.3, -0.25) is 0 Å². The SMILES string of the molecule is CO/N=C(/C)c1c(F)cccc1Cl. The average molecular weight is 202 g/mol. The van der Waals surface area contributed by atoms with E-state index in [0.29, 0.717) is 10.7 Å². The van der Waals surface area contributed by atoms with E-state index in [1.165, 1.54) is 13.2 Å². The number of hydrogen-bond acceptors (Lipinski definition) is 2. The average Bonchev–Trinajstić information content (AvgIpc) is 2.04. The highest BCUT2D eigenvalue weighted by Gasteiger charge is 2.09.